The quantitative estimate of drug-likeness (QED) is 0.832. The van der Waals surface area contributed by atoms with Gasteiger partial charge in [-0.15, -0.1) is 11.3 Å². The molecule has 0 amide bonds. The molecular formula is C8H9BrOS. The monoisotopic (exact) mass is 232 g/mol. The zero-order valence-electron chi connectivity index (χ0n) is 6.01. The molecule has 1 aromatic heterocycles. The van der Waals surface area contributed by atoms with E-state index in [2.05, 4.69) is 27.4 Å². The lowest BCUT2D eigenvalue weighted by molar-refractivity contribution is 0.151. The Morgan fingerprint density at radius 1 is 1.64 bits per heavy atom. The van der Waals surface area contributed by atoms with E-state index in [1.165, 1.54) is 5.56 Å². The number of halogens is 1. The van der Waals surface area contributed by atoms with Crippen molar-refractivity contribution in [2.75, 3.05) is 0 Å². The molecule has 0 aliphatic heterocycles. The molecule has 0 aromatic carbocycles. The molecule has 1 N–H and O–H groups in total. The predicted molar refractivity (Wildman–Crippen MR) is 49.9 cm³/mol. The highest BCUT2D eigenvalue weighted by atomic mass is 79.9. The lowest BCUT2D eigenvalue weighted by Crippen LogP contribution is -2.09. The third kappa shape index (κ3) is 1.83. The van der Waals surface area contributed by atoms with Crippen molar-refractivity contribution in [1.82, 2.24) is 0 Å². The van der Waals surface area contributed by atoms with Crippen molar-refractivity contribution in [2.45, 2.75) is 24.9 Å². The van der Waals surface area contributed by atoms with E-state index in [1.807, 2.05) is 0 Å². The molecule has 11 heavy (non-hydrogen) atoms. The van der Waals surface area contributed by atoms with E-state index in [4.69, 9.17) is 0 Å². The Morgan fingerprint density at radius 3 is 2.82 bits per heavy atom. The van der Waals surface area contributed by atoms with E-state index in [0.29, 0.717) is 0 Å². The van der Waals surface area contributed by atoms with E-state index in [0.717, 1.165) is 23.0 Å². The van der Waals surface area contributed by atoms with Crippen molar-refractivity contribution >= 4 is 27.3 Å². The highest BCUT2D eigenvalue weighted by molar-refractivity contribution is 9.11. The van der Waals surface area contributed by atoms with Crippen LogP contribution < -0.4 is 0 Å². The molecule has 0 atom stereocenters. The number of aliphatic hydroxyl groups is 1. The second kappa shape index (κ2) is 2.57. The molecule has 1 aromatic rings. The predicted octanol–water partition coefficient (Wildman–Crippen LogP) is 2.58. The molecule has 2 rings (SSSR count). The minimum absolute atomic E-state index is 0.347. The molecule has 1 aliphatic rings. The van der Waals surface area contributed by atoms with Gasteiger partial charge in [0.1, 0.15) is 0 Å². The van der Waals surface area contributed by atoms with Crippen LogP contribution in [0.15, 0.2) is 15.2 Å². The summed E-state index contributed by atoms with van der Waals surface area (Å²) in [6.45, 7) is 0. The van der Waals surface area contributed by atoms with Gasteiger partial charge in [-0.1, -0.05) is 0 Å². The lowest BCUT2D eigenvalue weighted by Gasteiger charge is -2.03. The van der Waals surface area contributed by atoms with Gasteiger partial charge in [0.15, 0.2) is 0 Å². The van der Waals surface area contributed by atoms with Gasteiger partial charge in [-0.2, -0.15) is 0 Å². The van der Waals surface area contributed by atoms with E-state index >= 15 is 0 Å². The first-order chi connectivity index (χ1) is 5.18. The average molecular weight is 233 g/mol. The van der Waals surface area contributed by atoms with Gasteiger partial charge in [-0.3, -0.25) is 0 Å². The van der Waals surface area contributed by atoms with Gasteiger partial charge >= 0.3 is 0 Å². The van der Waals surface area contributed by atoms with Crippen molar-refractivity contribution < 1.29 is 5.11 Å². The normalized spacial score (nSPS) is 20.2. The molecular weight excluding hydrogens is 224 g/mol. The molecule has 0 radical (unpaired) electrons. The molecule has 3 heteroatoms. The number of hydrogen-bond donors (Lipinski definition) is 1. The van der Waals surface area contributed by atoms with Crippen molar-refractivity contribution in [3.63, 3.8) is 0 Å². The largest absolute Gasteiger partial charge is 0.390 e. The summed E-state index contributed by atoms with van der Waals surface area (Å²) >= 11 is 5.08. The Bertz CT molecular complexity index is 265. The molecule has 1 saturated carbocycles. The SMILES string of the molecule is OC1(Cc2csc(Br)c2)CC1. The summed E-state index contributed by atoms with van der Waals surface area (Å²) in [7, 11) is 0. The lowest BCUT2D eigenvalue weighted by atomic mass is 10.1. The minimum Gasteiger partial charge on any atom is -0.390 e. The third-order valence-electron chi connectivity index (χ3n) is 1.98. The summed E-state index contributed by atoms with van der Waals surface area (Å²) in [5.41, 5.74) is 0.905. The Hall–Kier alpha value is 0.140. The molecule has 1 aliphatic carbocycles. The van der Waals surface area contributed by atoms with Gasteiger partial charge in [-0.05, 0) is 45.8 Å². The van der Waals surface area contributed by atoms with Crippen LogP contribution in [0.3, 0.4) is 0 Å². The van der Waals surface area contributed by atoms with E-state index < -0.39 is 0 Å². The summed E-state index contributed by atoms with van der Waals surface area (Å²) in [5, 5.41) is 11.7. The van der Waals surface area contributed by atoms with Crippen LogP contribution >= 0.6 is 27.3 Å². The summed E-state index contributed by atoms with van der Waals surface area (Å²) in [6, 6.07) is 2.08. The minimum atomic E-state index is -0.347. The maximum atomic E-state index is 9.58. The first-order valence-electron chi connectivity index (χ1n) is 3.63. The topological polar surface area (TPSA) is 20.2 Å². The van der Waals surface area contributed by atoms with Crippen LogP contribution in [0, 0.1) is 0 Å². The first-order valence-corrected chi connectivity index (χ1v) is 5.31. The second-order valence-electron chi connectivity index (χ2n) is 3.16. The molecule has 0 bridgehead atoms. The Labute approximate surface area is 78.2 Å². The van der Waals surface area contributed by atoms with Gasteiger partial charge in [0.05, 0.1) is 9.39 Å². The molecule has 1 heterocycles. The number of rotatable bonds is 2. The van der Waals surface area contributed by atoms with Gasteiger partial charge in [-0.25, -0.2) is 0 Å². The van der Waals surface area contributed by atoms with Crippen LogP contribution in [0.1, 0.15) is 18.4 Å². The van der Waals surface area contributed by atoms with Crippen LogP contribution in [-0.2, 0) is 6.42 Å². The first kappa shape index (κ1) is 7.77. The van der Waals surface area contributed by atoms with Crippen molar-refractivity contribution in [2.24, 2.45) is 0 Å². The molecule has 0 saturated heterocycles. The smallest absolute Gasteiger partial charge is 0.0701 e. The van der Waals surface area contributed by atoms with Crippen LogP contribution in [0.5, 0.6) is 0 Å². The van der Waals surface area contributed by atoms with E-state index in [9.17, 15) is 5.11 Å². The van der Waals surface area contributed by atoms with Crippen molar-refractivity contribution in [3.8, 4) is 0 Å². The fourth-order valence-corrected chi connectivity index (χ4v) is 2.35. The van der Waals surface area contributed by atoms with Gasteiger partial charge < -0.3 is 5.11 Å². The zero-order valence-corrected chi connectivity index (χ0v) is 8.41. The summed E-state index contributed by atoms with van der Waals surface area (Å²) in [5.74, 6) is 0. The fourth-order valence-electron chi connectivity index (χ4n) is 1.14. The summed E-state index contributed by atoms with van der Waals surface area (Å²) < 4.78 is 1.15. The van der Waals surface area contributed by atoms with E-state index in [1.54, 1.807) is 11.3 Å². The van der Waals surface area contributed by atoms with Crippen LogP contribution in [0.2, 0.25) is 0 Å². The van der Waals surface area contributed by atoms with Gasteiger partial charge in [0.2, 0.25) is 0 Å². The third-order valence-corrected chi connectivity index (χ3v) is 3.54. The van der Waals surface area contributed by atoms with Crippen molar-refractivity contribution in [1.29, 1.82) is 0 Å². The van der Waals surface area contributed by atoms with Crippen LogP contribution in [-0.4, -0.2) is 10.7 Å². The van der Waals surface area contributed by atoms with Crippen molar-refractivity contribution in [3.05, 3.63) is 20.8 Å². The molecule has 60 valence electrons. The second-order valence-corrected chi connectivity index (χ2v) is 5.45. The number of thiophene rings is 1. The number of hydrogen-bond acceptors (Lipinski definition) is 2. The van der Waals surface area contributed by atoms with Gasteiger partial charge in [0, 0.05) is 6.42 Å². The Kier molecular flexibility index (Phi) is 1.82. The zero-order chi connectivity index (χ0) is 7.90. The van der Waals surface area contributed by atoms with E-state index in [-0.39, 0.29) is 5.60 Å². The van der Waals surface area contributed by atoms with Crippen LogP contribution in [0.4, 0.5) is 0 Å². The summed E-state index contributed by atoms with van der Waals surface area (Å²) in [4.78, 5) is 0. The maximum Gasteiger partial charge on any atom is 0.0701 e. The standard InChI is InChI=1S/C8H9BrOS/c9-7-3-6(5-11-7)4-8(10)1-2-8/h3,5,10H,1-2,4H2. The molecule has 0 spiro atoms. The van der Waals surface area contributed by atoms with Crippen LogP contribution in [0.25, 0.3) is 0 Å². The molecule has 1 nitrogen and oxygen atoms in total. The van der Waals surface area contributed by atoms with Gasteiger partial charge in [0.25, 0.3) is 0 Å². The average Bonchev–Trinajstić information content (AvgIpc) is 2.49. The Balaban J connectivity index is 2.06. The molecule has 0 unspecified atom stereocenters. The fraction of sp³-hybridized carbons (Fsp3) is 0.500. The molecule has 1 fully saturated rings. The highest BCUT2D eigenvalue weighted by Gasteiger charge is 2.40. The summed E-state index contributed by atoms with van der Waals surface area (Å²) in [6.07, 6.45) is 2.77. The maximum absolute atomic E-state index is 9.58. The Morgan fingerprint density at radius 2 is 2.36 bits per heavy atom. The highest BCUT2D eigenvalue weighted by Crippen LogP contribution is 2.39.